The zero-order chi connectivity index (χ0) is 13.1. The Bertz CT molecular complexity index is 355. The molecule has 0 bridgehead atoms. The molecule has 0 unspecified atom stereocenters. The second kappa shape index (κ2) is 5.53. The first-order valence-corrected chi connectivity index (χ1v) is 5.61. The number of halogens is 3. The van der Waals surface area contributed by atoms with E-state index in [4.69, 9.17) is 0 Å². The topological polar surface area (TPSA) is 29.9 Å². The maximum absolute atomic E-state index is 12.5. The maximum atomic E-state index is 12.5. The van der Waals surface area contributed by atoms with Gasteiger partial charge >= 0.3 is 6.18 Å². The van der Waals surface area contributed by atoms with Crippen molar-refractivity contribution in [3.8, 4) is 0 Å². The fourth-order valence-electron chi connectivity index (χ4n) is 1.49. The minimum absolute atomic E-state index is 0.372. The van der Waals surface area contributed by atoms with Gasteiger partial charge in [-0.2, -0.15) is 18.3 Å². The molecule has 6 heteroatoms. The summed E-state index contributed by atoms with van der Waals surface area (Å²) in [5, 5.41) is 6.91. The minimum Gasteiger partial charge on any atom is -0.311 e. The molecule has 17 heavy (non-hydrogen) atoms. The van der Waals surface area contributed by atoms with Gasteiger partial charge in [-0.05, 0) is 24.9 Å². The van der Waals surface area contributed by atoms with E-state index in [1.165, 1.54) is 7.05 Å². The van der Waals surface area contributed by atoms with Crippen LogP contribution < -0.4 is 5.32 Å². The van der Waals surface area contributed by atoms with Crippen molar-refractivity contribution in [1.82, 2.24) is 15.1 Å². The van der Waals surface area contributed by atoms with Crippen molar-refractivity contribution >= 4 is 0 Å². The Labute approximate surface area is 99.0 Å². The van der Waals surface area contributed by atoms with Crippen LogP contribution in [0, 0.1) is 5.92 Å². The van der Waals surface area contributed by atoms with Gasteiger partial charge in [0.1, 0.15) is 5.69 Å². The van der Waals surface area contributed by atoms with E-state index in [-0.39, 0.29) is 0 Å². The highest BCUT2D eigenvalue weighted by Crippen LogP contribution is 2.29. The first-order chi connectivity index (χ1) is 7.80. The lowest BCUT2D eigenvalue weighted by molar-refractivity contribution is -0.143. The Kier molecular flexibility index (Phi) is 4.56. The molecule has 3 nitrogen and oxygen atoms in total. The lowest BCUT2D eigenvalue weighted by Crippen LogP contribution is -2.16. The summed E-state index contributed by atoms with van der Waals surface area (Å²) in [6.45, 7) is 5.36. The van der Waals surface area contributed by atoms with Gasteiger partial charge in [-0.1, -0.05) is 13.8 Å². The van der Waals surface area contributed by atoms with Crippen LogP contribution in [0.5, 0.6) is 0 Å². The highest BCUT2D eigenvalue weighted by molar-refractivity contribution is 5.13. The van der Waals surface area contributed by atoms with Gasteiger partial charge in [0.2, 0.25) is 0 Å². The van der Waals surface area contributed by atoms with Crippen LogP contribution >= 0.6 is 0 Å². The van der Waals surface area contributed by atoms with Crippen molar-refractivity contribution in [3.05, 3.63) is 17.5 Å². The van der Waals surface area contributed by atoms with Crippen LogP contribution in [0.15, 0.2) is 6.07 Å². The largest absolute Gasteiger partial charge is 0.433 e. The third-order valence-corrected chi connectivity index (χ3v) is 2.43. The molecule has 0 aliphatic carbocycles. The molecule has 0 saturated heterocycles. The van der Waals surface area contributed by atoms with Crippen LogP contribution in [0.3, 0.4) is 0 Å². The first kappa shape index (κ1) is 14.0. The standard InChI is InChI=1S/C11H18F3N3/c1-8(2)4-5-15-7-9-6-10(11(12,13)14)17(3)16-9/h6,8,15H,4-5,7H2,1-3H3. The Balaban J connectivity index is 2.51. The highest BCUT2D eigenvalue weighted by Gasteiger charge is 2.34. The van der Waals surface area contributed by atoms with Crippen LogP contribution in [-0.4, -0.2) is 16.3 Å². The van der Waals surface area contributed by atoms with E-state index in [0.29, 0.717) is 18.2 Å². The predicted molar refractivity (Wildman–Crippen MR) is 59.4 cm³/mol. The summed E-state index contributed by atoms with van der Waals surface area (Å²) >= 11 is 0. The first-order valence-electron chi connectivity index (χ1n) is 5.61. The Morgan fingerprint density at radius 2 is 2.06 bits per heavy atom. The van der Waals surface area contributed by atoms with Crippen molar-refractivity contribution in [2.45, 2.75) is 33.0 Å². The third kappa shape index (κ3) is 4.38. The zero-order valence-electron chi connectivity index (χ0n) is 10.3. The average molecular weight is 249 g/mol. The number of nitrogens with one attached hydrogen (secondary N) is 1. The van der Waals surface area contributed by atoms with Crippen molar-refractivity contribution < 1.29 is 13.2 Å². The Hall–Kier alpha value is -1.04. The molecule has 0 radical (unpaired) electrons. The lowest BCUT2D eigenvalue weighted by atomic mass is 10.1. The number of alkyl halides is 3. The molecule has 1 rings (SSSR count). The van der Waals surface area contributed by atoms with E-state index < -0.39 is 11.9 Å². The molecule has 0 aromatic carbocycles. The van der Waals surface area contributed by atoms with Crippen molar-refractivity contribution in [2.24, 2.45) is 13.0 Å². The summed E-state index contributed by atoms with van der Waals surface area (Å²) in [5.74, 6) is 0.581. The van der Waals surface area contributed by atoms with E-state index in [9.17, 15) is 13.2 Å². The number of rotatable bonds is 5. The predicted octanol–water partition coefficient (Wildman–Crippen LogP) is 2.57. The summed E-state index contributed by atoms with van der Waals surface area (Å²) in [7, 11) is 1.31. The van der Waals surface area contributed by atoms with Crippen LogP contribution in [0.25, 0.3) is 0 Å². The van der Waals surface area contributed by atoms with E-state index >= 15 is 0 Å². The second-order valence-electron chi connectivity index (χ2n) is 4.50. The van der Waals surface area contributed by atoms with Gasteiger partial charge in [-0.25, -0.2) is 0 Å². The number of hydrogen-bond donors (Lipinski definition) is 1. The van der Waals surface area contributed by atoms with Crippen LogP contribution in [0.1, 0.15) is 31.7 Å². The maximum Gasteiger partial charge on any atom is 0.433 e. The number of aryl methyl sites for hydroxylation is 1. The Morgan fingerprint density at radius 3 is 2.53 bits per heavy atom. The normalized spacial score (nSPS) is 12.4. The van der Waals surface area contributed by atoms with Gasteiger partial charge < -0.3 is 5.32 Å². The molecular weight excluding hydrogens is 231 g/mol. The molecule has 1 N–H and O–H groups in total. The fourth-order valence-corrected chi connectivity index (χ4v) is 1.49. The van der Waals surface area contributed by atoms with Crippen LogP contribution in [0.2, 0.25) is 0 Å². The molecule has 1 aromatic rings. The fraction of sp³-hybridized carbons (Fsp3) is 0.727. The quantitative estimate of drug-likeness (QED) is 0.813. The SMILES string of the molecule is CC(C)CCNCc1cc(C(F)(F)F)n(C)n1. The number of hydrogen-bond acceptors (Lipinski definition) is 2. The van der Waals surface area contributed by atoms with Gasteiger partial charge in [0, 0.05) is 13.6 Å². The molecule has 0 fully saturated rings. The number of nitrogens with zero attached hydrogens (tertiary/aromatic N) is 2. The van der Waals surface area contributed by atoms with Gasteiger partial charge in [0.05, 0.1) is 5.69 Å². The van der Waals surface area contributed by atoms with Crippen LogP contribution in [0.4, 0.5) is 13.2 Å². The molecule has 0 spiro atoms. The molecule has 0 aliphatic rings. The van der Waals surface area contributed by atoms with Crippen LogP contribution in [-0.2, 0) is 19.8 Å². The van der Waals surface area contributed by atoms with E-state index in [2.05, 4.69) is 24.3 Å². The summed E-state index contributed by atoms with van der Waals surface area (Å²) in [4.78, 5) is 0. The summed E-state index contributed by atoms with van der Waals surface area (Å²) in [5.41, 5.74) is -0.290. The average Bonchev–Trinajstić information content (AvgIpc) is 2.53. The van der Waals surface area contributed by atoms with Gasteiger partial charge in [0.25, 0.3) is 0 Å². The minimum atomic E-state index is -4.34. The van der Waals surface area contributed by atoms with Gasteiger partial charge in [-0.3, -0.25) is 4.68 Å². The molecule has 98 valence electrons. The van der Waals surface area contributed by atoms with E-state index in [1.807, 2.05) is 0 Å². The summed E-state index contributed by atoms with van der Waals surface area (Å²) < 4.78 is 38.3. The molecule has 1 heterocycles. The lowest BCUT2D eigenvalue weighted by Gasteiger charge is -2.04. The van der Waals surface area contributed by atoms with E-state index in [1.54, 1.807) is 0 Å². The molecular formula is C11H18F3N3. The number of aromatic nitrogens is 2. The monoisotopic (exact) mass is 249 g/mol. The molecule has 0 aliphatic heterocycles. The van der Waals surface area contributed by atoms with Crippen molar-refractivity contribution in [1.29, 1.82) is 0 Å². The van der Waals surface area contributed by atoms with Crippen molar-refractivity contribution in [2.75, 3.05) is 6.54 Å². The third-order valence-electron chi connectivity index (χ3n) is 2.43. The van der Waals surface area contributed by atoms with Crippen molar-refractivity contribution in [3.63, 3.8) is 0 Å². The second-order valence-corrected chi connectivity index (χ2v) is 4.50. The van der Waals surface area contributed by atoms with Gasteiger partial charge in [0.15, 0.2) is 0 Å². The van der Waals surface area contributed by atoms with Gasteiger partial charge in [-0.15, -0.1) is 0 Å². The molecule has 0 atom stereocenters. The molecule has 0 saturated carbocycles. The Morgan fingerprint density at radius 1 is 1.41 bits per heavy atom. The zero-order valence-corrected chi connectivity index (χ0v) is 10.3. The summed E-state index contributed by atoms with van der Waals surface area (Å²) in [6.07, 6.45) is -3.34. The highest BCUT2D eigenvalue weighted by atomic mass is 19.4. The smallest absolute Gasteiger partial charge is 0.311 e. The van der Waals surface area contributed by atoms with E-state index in [0.717, 1.165) is 23.7 Å². The molecule has 0 amide bonds. The molecule has 1 aromatic heterocycles. The summed E-state index contributed by atoms with van der Waals surface area (Å²) in [6, 6.07) is 1.09.